The minimum atomic E-state index is -0.697. The van der Waals surface area contributed by atoms with E-state index >= 15 is 0 Å². The molecule has 1 aromatic carbocycles. The van der Waals surface area contributed by atoms with Crippen LogP contribution in [0.15, 0.2) is 24.3 Å². The van der Waals surface area contributed by atoms with Gasteiger partial charge in [-0.1, -0.05) is 0 Å². The molecular weight excluding hydrogens is 316 g/mol. The van der Waals surface area contributed by atoms with Gasteiger partial charge in [-0.2, -0.15) is 0 Å². The number of fused-ring (bicyclic) bond motifs is 1. The predicted molar refractivity (Wildman–Crippen MR) is 84.0 cm³/mol. The van der Waals surface area contributed by atoms with E-state index in [9.17, 15) is 13.6 Å². The number of pyridine rings is 1. The molecule has 0 aliphatic carbocycles. The summed E-state index contributed by atoms with van der Waals surface area (Å²) < 4.78 is 38.1. The van der Waals surface area contributed by atoms with Crippen molar-refractivity contribution < 1.29 is 23.0 Å². The second kappa shape index (κ2) is 6.55. The van der Waals surface area contributed by atoms with Gasteiger partial charge < -0.3 is 9.47 Å². The zero-order valence-corrected chi connectivity index (χ0v) is 13.4. The first-order valence-corrected chi connectivity index (χ1v) is 7.82. The number of carbonyl (C=O) groups excluding carboxylic acids is 1. The highest BCUT2D eigenvalue weighted by Crippen LogP contribution is 2.36. The van der Waals surface area contributed by atoms with Crippen LogP contribution in [0.3, 0.4) is 0 Å². The summed E-state index contributed by atoms with van der Waals surface area (Å²) in [5, 5.41) is 0. The molecule has 0 radical (unpaired) electrons. The fourth-order valence-electron chi connectivity index (χ4n) is 2.74. The molecule has 0 saturated carbocycles. The van der Waals surface area contributed by atoms with Crippen molar-refractivity contribution in [2.45, 2.75) is 32.8 Å². The monoisotopic (exact) mass is 333 g/mol. The molecular formula is C18H17F2NO3. The van der Waals surface area contributed by atoms with E-state index in [2.05, 4.69) is 4.98 Å². The third-order valence-corrected chi connectivity index (χ3v) is 3.91. The fourth-order valence-corrected chi connectivity index (χ4v) is 2.74. The lowest BCUT2D eigenvalue weighted by molar-refractivity contribution is 0.0517. The number of hydrogen-bond acceptors (Lipinski definition) is 4. The number of hydrogen-bond donors (Lipinski definition) is 0. The number of nitrogens with zero attached hydrogens (tertiary/aromatic N) is 1. The SMILES string of the molecule is CCOC(=O)c1cc(-c2ccc(F)cc2F)c2c(n1)OC(C)CC2. The van der Waals surface area contributed by atoms with Crippen LogP contribution in [-0.2, 0) is 11.2 Å². The molecule has 1 atom stereocenters. The van der Waals surface area contributed by atoms with Gasteiger partial charge in [0.2, 0.25) is 5.88 Å². The van der Waals surface area contributed by atoms with Gasteiger partial charge in [-0.05, 0) is 50.5 Å². The summed E-state index contributed by atoms with van der Waals surface area (Å²) in [5.74, 6) is -1.66. The van der Waals surface area contributed by atoms with E-state index < -0.39 is 17.6 Å². The molecule has 1 aliphatic heterocycles. The smallest absolute Gasteiger partial charge is 0.357 e. The average molecular weight is 333 g/mol. The summed E-state index contributed by atoms with van der Waals surface area (Å²) in [4.78, 5) is 16.3. The van der Waals surface area contributed by atoms with Gasteiger partial charge in [-0.3, -0.25) is 0 Å². The Morgan fingerprint density at radius 1 is 1.33 bits per heavy atom. The number of carbonyl (C=O) groups is 1. The molecule has 0 amide bonds. The van der Waals surface area contributed by atoms with Crippen LogP contribution < -0.4 is 4.74 Å². The van der Waals surface area contributed by atoms with Crippen molar-refractivity contribution in [2.24, 2.45) is 0 Å². The van der Waals surface area contributed by atoms with E-state index in [1.165, 1.54) is 18.2 Å². The lowest BCUT2D eigenvalue weighted by Crippen LogP contribution is -2.22. The summed E-state index contributed by atoms with van der Waals surface area (Å²) >= 11 is 0. The van der Waals surface area contributed by atoms with E-state index in [0.29, 0.717) is 23.4 Å². The quantitative estimate of drug-likeness (QED) is 0.799. The Hall–Kier alpha value is -2.50. The van der Waals surface area contributed by atoms with Gasteiger partial charge in [0.25, 0.3) is 0 Å². The molecule has 0 saturated heterocycles. The molecule has 126 valence electrons. The van der Waals surface area contributed by atoms with Crippen molar-refractivity contribution >= 4 is 5.97 Å². The maximum Gasteiger partial charge on any atom is 0.357 e. The van der Waals surface area contributed by atoms with Crippen LogP contribution in [0.4, 0.5) is 8.78 Å². The first kappa shape index (κ1) is 16.4. The molecule has 6 heteroatoms. The molecule has 1 unspecified atom stereocenters. The second-order valence-corrected chi connectivity index (χ2v) is 5.65. The average Bonchev–Trinajstić information content (AvgIpc) is 2.54. The number of ether oxygens (including phenoxy) is 2. The highest BCUT2D eigenvalue weighted by molar-refractivity contribution is 5.90. The maximum absolute atomic E-state index is 14.2. The number of halogens is 2. The third kappa shape index (κ3) is 3.09. The van der Waals surface area contributed by atoms with E-state index in [0.717, 1.165) is 12.5 Å². The molecule has 4 nitrogen and oxygen atoms in total. The van der Waals surface area contributed by atoms with Crippen molar-refractivity contribution in [3.63, 3.8) is 0 Å². The summed E-state index contributed by atoms with van der Waals surface area (Å²) in [6, 6.07) is 4.83. The summed E-state index contributed by atoms with van der Waals surface area (Å²) in [7, 11) is 0. The van der Waals surface area contributed by atoms with Crippen molar-refractivity contribution in [2.75, 3.05) is 6.61 Å². The fraction of sp³-hybridized carbons (Fsp3) is 0.333. The van der Waals surface area contributed by atoms with Crippen molar-refractivity contribution in [1.82, 2.24) is 4.98 Å². The first-order valence-electron chi connectivity index (χ1n) is 7.82. The zero-order valence-electron chi connectivity index (χ0n) is 13.4. The Labute approximate surface area is 138 Å². The van der Waals surface area contributed by atoms with E-state index in [-0.39, 0.29) is 24.0 Å². The number of esters is 1. The topological polar surface area (TPSA) is 48.4 Å². The normalized spacial score (nSPS) is 16.2. The second-order valence-electron chi connectivity index (χ2n) is 5.65. The Morgan fingerprint density at radius 2 is 2.12 bits per heavy atom. The van der Waals surface area contributed by atoms with Crippen molar-refractivity contribution in [3.05, 3.63) is 47.2 Å². The minimum absolute atomic E-state index is 0.0448. The molecule has 0 fully saturated rings. The first-order chi connectivity index (χ1) is 11.5. The molecule has 0 bridgehead atoms. The molecule has 1 aliphatic rings. The highest BCUT2D eigenvalue weighted by Gasteiger charge is 2.25. The van der Waals surface area contributed by atoms with E-state index in [1.807, 2.05) is 6.92 Å². The molecule has 1 aromatic heterocycles. The summed E-state index contributed by atoms with van der Waals surface area (Å²) in [5.41, 5.74) is 1.45. The summed E-state index contributed by atoms with van der Waals surface area (Å²) in [6.07, 6.45) is 1.34. The van der Waals surface area contributed by atoms with Gasteiger partial charge in [-0.25, -0.2) is 18.6 Å². The lowest BCUT2D eigenvalue weighted by Gasteiger charge is -2.25. The molecule has 0 N–H and O–H groups in total. The van der Waals surface area contributed by atoms with Crippen LogP contribution in [0.25, 0.3) is 11.1 Å². The zero-order chi connectivity index (χ0) is 17.3. The molecule has 2 aromatic rings. The molecule has 2 heterocycles. The van der Waals surface area contributed by atoms with Gasteiger partial charge in [0.15, 0.2) is 5.69 Å². The summed E-state index contributed by atoms with van der Waals surface area (Å²) in [6.45, 7) is 3.80. The largest absolute Gasteiger partial charge is 0.474 e. The van der Waals surface area contributed by atoms with Gasteiger partial charge in [0.05, 0.1) is 12.7 Å². The van der Waals surface area contributed by atoms with Crippen molar-refractivity contribution in [1.29, 1.82) is 0 Å². The third-order valence-electron chi connectivity index (χ3n) is 3.91. The Balaban J connectivity index is 2.17. The van der Waals surface area contributed by atoms with Crippen molar-refractivity contribution in [3.8, 4) is 17.0 Å². The molecule has 24 heavy (non-hydrogen) atoms. The molecule has 0 spiro atoms. The van der Waals surface area contributed by atoms with Crippen LogP contribution in [0.2, 0.25) is 0 Å². The van der Waals surface area contributed by atoms with Crippen LogP contribution in [0.5, 0.6) is 5.88 Å². The standard InChI is InChI=1S/C18H17F2NO3/c1-3-23-18(22)16-9-14(12-7-5-11(19)8-15(12)20)13-6-4-10(2)24-17(13)21-16/h5,7-10H,3-4,6H2,1-2H3. The van der Waals surface area contributed by atoms with Crippen LogP contribution in [0, 0.1) is 11.6 Å². The minimum Gasteiger partial charge on any atom is -0.474 e. The molecule has 3 rings (SSSR count). The maximum atomic E-state index is 14.2. The van der Waals surface area contributed by atoms with Crippen LogP contribution in [0.1, 0.15) is 36.3 Å². The Bertz CT molecular complexity index is 792. The van der Waals surface area contributed by atoms with E-state index in [4.69, 9.17) is 9.47 Å². The number of benzene rings is 1. The van der Waals surface area contributed by atoms with Gasteiger partial charge in [0, 0.05) is 17.2 Å². The highest BCUT2D eigenvalue weighted by atomic mass is 19.1. The number of rotatable bonds is 3. The Morgan fingerprint density at radius 3 is 2.83 bits per heavy atom. The lowest BCUT2D eigenvalue weighted by atomic mass is 9.94. The number of aromatic nitrogens is 1. The Kier molecular flexibility index (Phi) is 4.46. The van der Waals surface area contributed by atoms with Gasteiger partial charge in [0.1, 0.15) is 11.6 Å². The van der Waals surface area contributed by atoms with Crippen LogP contribution in [-0.4, -0.2) is 23.7 Å². The van der Waals surface area contributed by atoms with Crippen LogP contribution >= 0.6 is 0 Å². The predicted octanol–water partition coefficient (Wildman–Crippen LogP) is 3.92. The van der Waals surface area contributed by atoms with Gasteiger partial charge in [-0.15, -0.1) is 0 Å². The van der Waals surface area contributed by atoms with E-state index in [1.54, 1.807) is 6.92 Å². The van der Waals surface area contributed by atoms with Gasteiger partial charge >= 0.3 is 5.97 Å².